The third-order valence-corrected chi connectivity index (χ3v) is 2.54. The van der Waals surface area contributed by atoms with Crippen LogP contribution in [0.1, 0.15) is 0 Å². The van der Waals surface area contributed by atoms with Gasteiger partial charge in [-0.05, 0) is 18.2 Å². The second-order valence-electron chi connectivity index (χ2n) is 3.78. The van der Waals surface area contributed by atoms with Gasteiger partial charge in [-0.3, -0.25) is 0 Å². The minimum absolute atomic E-state index is 0.610. The van der Waals surface area contributed by atoms with Crippen molar-refractivity contribution in [3.8, 4) is 22.8 Å². The Bertz CT molecular complexity index is 519. The number of imidazole rings is 1. The summed E-state index contributed by atoms with van der Waals surface area (Å²) in [6, 6.07) is 5.89. The van der Waals surface area contributed by atoms with Crippen LogP contribution in [0.3, 0.4) is 0 Å². The number of hydrogen-bond donors (Lipinski definition) is 0. The fraction of sp³-hybridized carbons (Fsp3) is 0.250. The van der Waals surface area contributed by atoms with Crippen LogP contribution in [0, 0.1) is 0 Å². The summed E-state index contributed by atoms with van der Waals surface area (Å²) in [5, 5.41) is 0. The maximum absolute atomic E-state index is 5.53. The van der Waals surface area contributed by atoms with Crippen molar-refractivity contribution in [1.29, 1.82) is 0 Å². The lowest BCUT2D eigenvalue weighted by atomic mass is 10.1. The summed E-state index contributed by atoms with van der Waals surface area (Å²) in [6.45, 7) is 1.23. The number of nitrogens with zero attached hydrogens (tertiary/aromatic N) is 2. The van der Waals surface area contributed by atoms with Crippen molar-refractivity contribution in [3.63, 3.8) is 0 Å². The van der Waals surface area contributed by atoms with E-state index >= 15 is 0 Å². The second kappa shape index (κ2) is 3.56. The third-order valence-electron chi connectivity index (χ3n) is 2.54. The van der Waals surface area contributed by atoms with Crippen molar-refractivity contribution < 1.29 is 9.47 Å². The Labute approximate surface area is 93.4 Å². The van der Waals surface area contributed by atoms with E-state index in [1.165, 1.54) is 0 Å². The predicted octanol–water partition coefficient (Wildman–Crippen LogP) is 1.86. The van der Waals surface area contributed by atoms with E-state index in [1.54, 1.807) is 6.33 Å². The van der Waals surface area contributed by atoms with E-state index in [0.717, 1.165) is 22.8 Å². The van der Waals surface area contributed by atoms with E-state index in [1.807, 2.05) is 36.0 Å². The third kappa shape index (κ3) is 1.52. The summed E-state index contributed by atoms with van der Waals surface area (Å²) >= 11 is 0. The quantitative estimate of drug-likeness (QED) is 0.730. The monoisotopic (exact) mass is 216 g/mol. The Kier molecular flexibility index (Phi) is 2.06. The SMILES string of the molecule is Cn1cnc(-c2ccc3c(c2)OCCO3)c1. The molecule has 1 aromatic carbocycles. The zero-order chi connectivity index (χ0) is 11.0. The van der Waals surface area contributed by atoms with Crippen LogP contribution >= 0.6 is 0 Å². The molecule has 0 bridgehead atoms. The van der Waals surface area contributed by atoms with Crippen LogP contribution in [0.15, 0.2) is 30.7 Å². The van der Waals surface area contributed by atoms with E-state index in [2.05, 4.69) is 4.98 Å². The zero-order valence-electron chi connectivity index (χ0n) is 9.01. The molecule has 0 radical (unpaired) electrons. The fourth-order valence-corrected chi connectivity index (χ4v) is 1.76. The summed E-state index contributed by atoms with van der Waals surface area (Å²) in [5.74, 6) is 1.61. The molecule has 3 rings (SSSR count). The van der Waals surface area contributed by atoms with Gasteiger partial charge in [-0.15, -0.1) is 0 Å². The van der Waals surface area contributed by atoms with E-state index in [9.17, 15) is 0 Å². The van der Waals surface area contributed by atoms with Crippen LogP contribution in [0.25, 0.3) is 11.3 Å². The summed E-state index contributed by atoms with van der Waals surface area (Å²) < 4.78 is 12.9. The lowest BCUT2D eigenvalue weighted by molar-refractivity contribution is 0.171. The average molecular weight is 216 g/mol. The van der Waals surface area contributed by atoms with Crippen molar-refractivity contribution in [3.05, 3.63) is 30.7 Å². The van der Waals surface area contributed by atoms with Crippen LogP contribution in [0.5, 0.6) is 11.5 Å². The first-order valence-electron chi connectivity index (χ1n) is 5.21. The Balaban J connectivity index is 2.02. The topological polar surface area (TPSA) is 36.3 Å². The fourth-order valence-electron chi connectivity index (χ4n) is 1.76. The van der Waals surface area contributed by atoms with Crippen molar-refractivity contribution in [1.82, 2.24) is 9.55 Å². The van der Waals surface area contributed by atoms with Crippen molar-refractivity contribution in [2.24, 2.45) is 7.05 Å². The number of rotatable bonds is 1. The summed E-state index contributed by atoms with van der Waals surface area (Å²) in [5.41, 5.74) is 1.99. The van der Waals surface area contributed by atoms with Crippen molar-refractivity contribution >= 4 is 0 Å². The van der Waals surface area contributed by atoms with Crippen molar-refractivity contribution in [2.45, 2.75) is 0 Å². The smallest absolute Gasteiger partial charge is 0.162 e. The Hall–Kier alpha value is -1.97. The molecule has 1 aromatic heterocycles. The molecule has 2 aromatic rings. The molecular weight excluding hydrogens is 204 g/mol. The molecule has 0 saturated heterocycles. The lowest BCUT2D eigenvalue weighted by Gasteiger charge is -2.18. The number of ether oxygens (including phenoxy) is 2. The number of aryl methyl sites for hydroxylation is 1. The molecule has 4 nitrogen and oxygen atoms in total. The minimum atomic E-state index is 0.610. The van der Waals surface area contributed by atoms with E-state index < -0.39 is 0 Å². The van der Waals surface area contributed by atoms with Crippen LogP contribution in [-0.2, 0) is 7.05 Å². The van der Waals surface area contributed by atoms with Gasteiger partial charge in [-0.25, -0.2) is 4.98 Å². The first-order chi connectivity index (χ1) is 7.83. The first-order valence-corrected chi connectivity index (χ1v) is 5.21. The Morgan fingerprint density at radius 3 is 2.75 bits per heavy atom. The maximum atomic E-state index is 5.53. The predicted molar refractivity (Wildman–Crippen MR) is 59.6 cm³/mol. The molecule has 1 aliphatic heterocycles. The molecule has 0 amide bonds. The number of aromatic nitrogens is 2. The molecule has 82 valence electrons. The highest BCUT2D eigenvalue weighted by Gasteiger charge is 2.12. The summed E-state index contributed by atoms with van der Waals surface area (Å²) in [7, 11) is 1.95. The van der Waals surface area contributed by atoms with Gasteiger partial charge in [-0.1, -0.05) is 0 Å². The van der Waals surface area contributed by atoms with Gasteiger partial charge < -0.3 is 14.0 Å². The van der Waals surface area contributed by atoms with Gasteiger partial charge in [0.15, 0.2) is 11.5 Å². The molecule has 0 unspecified atom stereocenters. The van der Waals surface area contributed by atoms with Crippen LogP contribution in [0.4, 0.5) is 0 Å². The Morgan fingerprint density at radius 1 is 1.19 bits per heavy atom. The summed E-state index contributed by atoms with van der Waals surface area (Å²) in [4.78, 5) is 4.30. The number of fused-ring (bicyclic) bond motifs is 1. The Morgan fingerprint density at radius 2 is 2.00 bits per heavy atom. The molecule has 0 saturated carbocycles. The minimum Gasteiger partial charge on any atom is -0.486 e. The number of benzene rings is 1. The molecule has 0 aliphatic carbocycles. The van der Waals surface area contributed by atoms with Gasteiger partial charge in [-0.2, -0.15) is 0 Å². The first kappa shape index (κ1) is 9.27. The molecule has 2 heterocycles. The standard InChI is InChI=1S/C12H12N2O2/c1-14-7-10(13-8-14)9-2-3-11-12(6-9)16-5-4-15-11/h2-3,6-8H,4-5H2,1H3. The van der Waals surface area contributed by atoms with Gasteiger partial charge >= 0.3 is 0 Å². The molecular formula is C12H12N2O2. The van der Waals surface area contributed by atoms with Crippen molar-refractivity contribution in [2.75, 3.05) is 13.2 Å². The molecule has 0 atom stereocenters. The average Bonchev–Trinajstić information content (AvgIpc) is 2.75. The molecule has 1 aliphatic rings. The van der Waals surface area contributed by atoms with Gasteiger partial charge in [0.1, 0.15) is 13.2 Å². The molecule has 0 spiro atoms. The van der Waals surface area contributed by atoms with E-state index in [0.29, 0.717) is 13.2 Å². The maximum Gasteiger partial charge on any atom is 0.162 e. The van der Waals surface area contributed by atoms with Crippen LogP contribution in [-0.4, -0.2) is 22.8 Å². The highest BCUT2D eigenvalue weighted by atomic mass is 16.6. The van der Waals surface area contributed by atoms with Gasteiger partial charge in [0.2, 0.25) is 0 Å². The number of hydrogen-bond acceptors (Lipinski definition) is 3. The summed E-state index contributed by atoms with van der Waals surface area (Å²) in [6.07, 6.45) is 3.76. The highest BCUT2D eigenvalue weighted by molar-refractivity contribution is 5.63. The van der Waals surface area contributed by atoms with Gasteiger partial charge in [0.25, 0.3) is 0 Å². The van der Waals surface area contributed by atoms with Gasteiger partial charge in [0.05, 0.1) is 12.0 Å². The molecule has 16 heavy (non-hydrogen) atoms. The van der Waals surface area contributed by atoms with Crippen LogP contribution in [0.2, 0.25) is 0 Å². The normalized spacial score (nSPS) is 13.8. The van der Waals surface area contributed by atoms with E-state index in [-0.39, 0.29) is 0 Å². The van der Waals surface area contributed by atoms with E-state index in [4.69, 9.17) is 9.47 Å². The van der Waals surface area contributed by atoms with Crippen LogP contribution < -0.4 is 9.47 Å². The second-order valence-corrected chi connectivity index (χ2v) is 3.78. The lowest BCUT2D eigenvalue weighted by Crippen LogP contribution is -2.15. The highest BCUT2D eigenvalue weighted by Crippen LogP contribution is 2.33. The largest absolute Gasteiger partial charge is 0.486 e. The molecule has 4 heteroatoms. The van der Waals surface area contributed by atoms with Gasteiger partial charge in [0, 0.05) is 18.8 Å². The molecule has 0 fully saturated rings. The zero-order valence-corrected chi connectivity index (χ0v) is 9.01. The molecule has 0 N–H and O–H groups in total.